The highest BCUT2D eigenvalue weighted by Gasteiger charge is 2.16. The number of rotatable bonds is 8. The number of nitrogens with one attached hydrogen (secondary N) is 1. The lowest BCUT2D eigenvalue weighted by atomic mass is 9.89. The number of amides is 1. The molecule has 0 fully saturated rings. The average Bonchev–Trinajstić information content (AvgIpc) is 2.44. The van der Waals surface area contributed by atoms with Gasteiger partial charge in [-0.1, -0.05) is 37.6 Å². The van der Waals surface area contributed by atoms with E-state index >= 15 is 0 Å². The molecule has 0 aliphatic rings. The smallest absolute Gasteiger partial charge is 0.222 e. The maximum absolute atomic E-state index is 11.7. The molecule has 1 rings (SSSR count). The van der Waals surface area contributed by atoms with E-state index < -0.39 is 6.10 Å². The number of hydrogen-bond acceptors (Lipinski definition) is 3. The zero-order valence-electron chi connectivity index (χ0n) is 12.6. The van der Waals surface area contributed by atoms with Crippen LogP contribution in [0.4, 0.5) is 0 Å². The molecule has 1 atom stereocenters. The van der Waals surface area contributed by atoms with E-state index in [0.29, 0.717) is 17.1 Å². The highest BCUT2D eigenvalue weighted by Crippen LogP contribution is 2.21. The van der Waals surface area contributed by atoms with Crippen LogP contribution in [-0.4, -0.2) is 29.3 Å². The lowest BCUT2D eigenvalue weighted by molar-refractivity contribution is -0.123. The third-order valence-electron chi connectivity index (χ3n) is 3.41. The number of aliphatic hydroxyl groups is 2. The summed E-state index contributed by atoms with van der Waals surface area (Å²) >= 11 is 5.78. The van der Waals surface area contributed by atoms with Gasteiger partial charge in [-0.05, 0) is 36.0 Å². The molecular weight excluding hydrogens is 290 g/mol. The van der Waals surface area contributed by atoms with Gasteiger partial charge in [0.25, 0.3) is 0 Å². The Labute approximate surface area is 131 Å². The number of hydrogen-bond donors (Lipinski definition) is 3. The van der Waals surface area contributed by atoms with Gasteiger partial charge in [-0.3, -0.25) is 4.79 Å². The Hall–Kier alpha value is -1.10. The van der Waals surface area contributed by atoms with Gasteiger partial charge < -0.3 is 15.5 Å². The van der Waals surface area contributed by atoms with E-state index in [1.165, 1.54) is 0 Å². The summed E-state index contributed by atoms with van der Waals surface area (Å²) in [6.07, 6.45) is 0.849. The highest BCUT2D eigenvalue weighted by atomic mass is 35.5. The summed E-state index contributed by atoms with van der Waals surface area (Å²) in [5, 5.41) is 22.5. The van der Waals surface area contributed by atoms with Crippen molar-refractivity contribution in [2.45, 2.75) is 39.2 Å². The van der Waals surface area contributed by atoms with Crippen LogP contribution in [0, 0.1) is 5.41 Å². The molecule has 4 nitrogen and oxygen atoms in total. The molecule has 1 aromatic carbocycles. The van der Waals surface area contributed by atoms with Crippen LogP contribution < -0.4 is 5.32 Å². The van der Waals surface area contributed by atoms with Crippen molar-refractivity contribution in [1.82, 2.24) is 5.32 Å². The average molecular weight is 314 g/mol. The molecule has 5 heteroatoms. The predicted molar refractivity (Wildman–Crippen MR) is 84.1 cm³/mol. The molecule has 3 N–H and O–H groups in total. The first kappa shape index (κ1) is 18.0. The first-order chi connectivity index (χ1) is 9.84. The van der Waals surface area contributed by atoms with Crippen LogP contribution in [0.25, 0.3) is 0 Å². The van der Waals surface area contributed by atoms with Crippen molar-refractivity contribution >= 4 is 17.5 Å². The zero-order chi connectivity index (χ0) is 15.9. The van der Waals surface area contributed by atoms with E-state index in [0.717, 1.165) is 12.8 Å². The summed E-state index contributed by atoms with van der Waals surface area (Å²) in [6.45, 7) is 4.66. The Morgan fingerprint density at radius 1 is 1.33 bits per heavy atom. The summed E-state index contributed by atoms with van der Waals surface area (Å²) in [4.78, 5) is 11.7. The number of benzene rings is 1. The summed E-state index contributed by atoms with van der Waals surface area (Å²) in [6, 6.07) is 6.80. The van der Waals surface area contributed by atoms with Gasteiger partial charge in [-0.2, -0.15) is 0 Å². The molecule has 1 aromatic rings. The van der Waals surface area contributed by atoms with Crippen LogP contribution in [0.15, 0.2) is 24.3 Å². The SMILES string of the molecule is CC(C)(CO)CCCNC(=O)CC(O)c1ccc(Cl)cc1. The summed E-state index contributed by atoms with van der Waals surface area (Å²) < 4.78 is 0. The molecule has 0 aliphatic carbocycles. The van der Waals surface area contributed by atoms with E-state index in [2.05, 4.69) is 5.32 Å². The van der Waals surface area contributed by atoms with Gasteiger partial charge in [-0.15, -0.1) is 0 Å². The number of carbonyl (C=O) groups is 1. The first-order valence-electron chi connectivity index (χ1n) is 7.15. The third-order valence-corrected chi connectivity index (χ3v) is 3.67. The summed E-state index contributed by atoms with van der Waals surface area (Å²) in [5.41, 5.74) is 0.559. The van der Waals surface area contributed by atoms with Gasteiger partial charge >= 0.3 is 0 Å². The second-order valence-corrected chi connectivity index (χ2v) is 6.48. The monoisotopic (exact) mass is 313 g/mol. The Morgan fingerprint density at radius 3 is 2.52 bits per heavy atom. The van der Waals surface area contributed by atoms with Crippen molar-refractivity contribution in [2.75, 3.05) is 13.2 Å². The highest BCUT2D eigenvalue weighted by molar-refractivity contribution is 6.30. The van der Waals surface area contributed by atoms with E-state index in [-0.39, 0.29) is 24.3 Å². The fraction of sp³-hybridized carbons (Fsp3) is 0.562. The minimum Gasteiger partial charge on any atom is -0.396 e. The van der Waals surface area contributed by atoms with Crippen LogP contribution in [0.1, 0.15) is 44.8 Å². The van der Waals surface area contributed by atoms with Crippen LogP contribution in [0.3, 0.4) is 0 Å². The van der Waals surface area contributed by atoms with Crippen molar-refractivity contribution in [1.29, 1.82) is 0 Å². The maximum atomic E-state index is 11.7. The third kappa shape index (κ3) is 6.93. The molecule has 1 unspecified atom stereocenters. The fourth-order valence-electron chi connectivity index (χ4n) is 1.92. The molecule has 21 heavy (non-hydrogen) atoms. The molecule has 0 radical (unpaired) electrons. The Morgan fingerprint density at radius 2 is 1.95 bits per heavy atom. The van der Waals surface area contributed by atoms with Gasteiger partial charge in [0.15, 0.2) is 0 Å². The lowest BCUT2D eigenvalue weighted by Gasteiger charge is -2.21. The van der Waals surface area contributed by atoms with Gasteiger partial charge in [0.1, 0.15) is 0 Å². The minimum atomic E-state index is -0.823. The van der Waals surface area contributed by atoms with Gasteiger partial charge in [0.2, 0.25) is 5.91 Å². The molecule has 0 saturated carbocycles. The normalized spacial score (nSPS) is 13.0. The minimum absolute atomic E-state index is 0.0328. The van der Waals surface area contributed by atoms with E-state index in [1.807, 2.05) is 13.8 Å². The molecule has 0 bridgehead atoms. The first-order valence-corrected chi connectivity index (χ1v) is 7.53. The molecule has 0 spiro atoms. The van der Waals surface area contributed by atoms with Crippen LogP contribution >= 0.6 is 11.6 Å². The molecule has 0 aromatic heterocycles. The fourth-order valence-corrected chi connectivity index (χ4v) is 2.05. The second kappa shape index (κ2) is 8.37. The van der Waals surface area contributed by atoms with Crippen molar-refractivity contribution < 1.29 is 15.0 Å². The Balaban J connectivity index is 2.29. The van der Waals surface area contributed by atoms with E-state index in [1.54, 1.807) is 24.3 Å². The van der Waals surface area contributed by atoms with Gasteiger partial charge in [0.05, 0.1) is 12.5 Å². The quantitative estimate of drug-likeness (QED) is 0.646. The van der Waals surface area contributed by atoms with Crippen molar-refractivity contribution in [3.8, 4) is 0 Å². The second-order valence-electron chi connectivity index (χ2n) is 6.05. The maximum Gasteiger partial charge on any atom is 0.222 e. The number of carbonyl (C=O) groups excluding carboxylic acids is 1. The molecule has 0 saturated heterocycles. The Bertz CT molecular complexity index is 445. The van der Waals surface area contributed by atoms with Crippen LogP contribution in [0.2, 0.25) is 5.02 Å². The number of halogens is 1. The van der Waals surface area contributed by atoms with Gasteiger partial charge in [0, 0.05) is 18.2 Å². The van der Waals surface area contributed by atoms with Crippen molar-refractivity contribution in [3.63, 3.8) is 0 Å². The Kier molecular flexibility index (Phi) is 7.15. The van der Waals surface area contributed by atoms with Crippen molar-refractivity contribution in [2.24, 2.45) is 5.41 Å². The zero-order valence-corrected chi connectivity index (χ0v) is 13.4. The van der Waals surface area contributed by atoms with Crippen LogP contribution in [-0.2, 0) is 4.79 Å². The standard InChI is InChI=1S/C16H24ClNO3/c1-16(2,11-19)8-3-9-18-15(21)10-14(20)12-4-6-13(17)7-5-12/h4-7,14,19-20H,3,8-11H2,1-2H3,(H,18,21). The number of aliphatic hydroxyl groups excluding tert-OH is 2. The summed E-state index contributed by atoms with van der Waals surface area (Å²) in [7, 11) is 0. The lowest BCUT2D eigenvalue weighted by Crippen LogP contribution is -2.27. The molecule has 1 amide bonds. The summed E-state index contributed by atoms with van der Waals surface area (Å²) in [5.74, 6) is -0.181. The predicted octanol–water partition coefficient (Wildman–Crippen LogP) is 2.68. The topological polar surface area (TPSA) is 69.6 Å². The molecule has 0 aliphatic heterocycles. The largest absolute Gasteiger partial charge is 0.396 e. The molecule has 118 valence electrons. The molecule has 0 heterocycles. The van der Waals surface area contributed by atoms with E-state index in [9.17, 15) is 9.90 Å². The molecular formula is C16H24ClNO3. The van der Waals surface area contributed by atoms with E-state index in [4.69, 9.17) is 16.7 Å². The van der Waals surface area contributed by atoms with Crippen molar-refractivity contribution in [3.05, 3.63) is 34.9 Å². The van der Waals surface area contributed by atoms with Gasteiger partial charge in [-0.25, -0.2) is 0 Å². The van der Waals surface area contributed by atoms with Crippen LogP contribution in [0.5, 0.6) is 0 Å².